The molecule has 0 saturated heterocycles. The number of rotatable bonds is 4. The van der Waals surface area contributed by atoms with Crippen LogP contribution in [-0.2, 0) is 0 Å². The molecule has 0 bridgehead atoms. The number of nitrogens with one attached hydrogen (secondary N) is 1. The Hall–Kier alpha value is -3.54. The number of hydrogen-bond acceptors (Lipinski definition) is 5. The van der Waals surface area contributed by atoms with Crippen LogP contribution in [0.5, 0.6) is 0 Å². The van der Waals surface area contributed by atoms with Crippen LogP contribution in [0.15, 0.2) is 79.4 Å². The maximum Gasteiger partial charge on any atom is 0.155 e. The Labute approximate surface area is 138 Å². The summed E-state index contributed by atoms with van der Waals surface area (Å²) in [5, 5.41) is 11.7. The number of nitrogens with zero attached hydrogens (tertiary/aromatic N) is 5. The summed E-state index contributed by atoms with van der Waals surface area (Å²) in [6, 6.07) is 17.5. The van der Waals surface area contributed by atoms with E-state index in [4.69, 9.17) is 0 Å². The first-order valence-electron chi connectivity index (χ1n) is 7.50. The molecule has 0 amide bonds. The Morgan fingerprint density at radius 3 is 2.67 bits per heavy atom. The maximum atomic E-state index is 4.27. The zero-order chi connectivity index (χ0) is 16.2. The minimum Gasteiger partial charge on any atom is -0.354 e. The highest BCUT2D eigenvalue weighted by Gasteiger charge is 2.06. The Balaban J connectivity index is 1.61. The zero-order valence-electron chi connectivity index (χ0n) is 12.7. The minimum absolute atomic E-state index is 0.737. The monoisotopic (exact) mass is 314 g/mol. The van der Waals surface area contributed by atoms with Gasteiger partial charge in [-0.1, -0.05) is 23.4 Å². The van der Waals surface area contributed by atoms with E-state index in [1.54, 1.807) is 23.3 Å². The minimum atomic E-state index is 0.737. The topological polar surface area (TPSA) is 68.5 Å². The van der Waals surface area contributed by atoms with Crippen molar-refractivity contribution in [2.24, 2.45) is 0 Å². The van der Waals surface area contributed by atoms with Gasteiger partial charge in [-0.15, -0.1) is 5.10 Å². The van der Waals surface area contributed by atoms with Crippen molar-refractivity contribution in [2.45, 2.75) is 0 Å². The molecule has 6 heteroatoms. The van der Waals surface area contributed by atoms with Crippen LogP contribution in [0.3, 0.4) is 0 Å². The van der Waals surface area contributed by atoms with Gasteiger partial charge >= 0.3 is 0 Å². The Kier molecular flexibility index (Phi) is 3.69. The van der Waals surface area contributed by atoms with Crippen molar-refractivity contribution in [2.75, 3.05) is 5.32 Å². The normalized spacial score (nSPS) is 10.5. The van der Waals surface area contributed by atoms with Crippen LogP contribution in [0.2, 0.25) is 0 Å². The fourth-order valence-electron chi connectivity index (χ4n) is 2.36. The molecule has 0 unspecified atom stereocenters. The highest BCUT2D eigenvalue weighted by atomic mass is 15.4. The number of aromatic nitrogens is 5. The second kappa shape index (κ2) is 6.29. The van der Waals surface area contributed by atoms with E-state index in [-0.39, 0.29) is 0 Å². The molecule has 4 aromatic rings. The van der Waals surface area contributed by atoms with Crippen LogP contribution in [0.25, 0.3) is 17.1 Å². The van der Waals surface area contributed by atoms with Gasteiger partial charge in [0, 0.05) is 23.6 Å². The lowest BCUT2D eigenvalue weighted by molar-refractivity contribution is 0.782. The van der Waals surface area contributed by atoms with E-state index >= 15 is 0 Å². The molecule has 116 valence electrons. The molecule has 0 atom stereocenters. The van der Waals surface area contributed by atoms with E-state index in [2.05, 4.69) is 25.6 Å². The fraction of sp³-hybridized carbons (Fsp3) is 0. The van der Waals surface area contributed by atoms with Gasteiger partial charge in [0.15, 0.2) is 5.82 Å². The summed E-state index contributed by atoms with van der Waals surface area (Å²) in [7, 11) is 0. The quantitative estimate of drug-likeness (QED) is 0.624. The molecule has 0 radical (unpaired) electrons. The van der Waals surface area contributed by atoms with Crippen molar-refractivity contribution >= 4 is 11.4 Å². The molecule has 0 aliphatic heterocycles. The third-order valence-electron chi connectivity index (χ3n) is 3.49. The molecule has 0 saturated carbocycles. The first kappa shape index (κ1) is 14.1. The largest absolute Gasteiger partial charge is 0.354 e. The van der Waals surface area contributed by atoms with E-state index in [1.807, 2.05) is 60.8 Å². The molecule has 3 aromatic heterocycles. The first-order valence-corrected chi connectivity index (χ1v) is 7.50. The van der Waals surface area contributed by atoms with Crippen molar-refractivity contribution in [3.8, 4) is 17.1 Å². The lowest BCUT2D eigenvalue weighted by Crippen LogP contribution is -1.96. The molecule has 0 aliphatic rings. The molecule has 3 heterocycles. The molecule has 4 rings (SSSR count). The van der Waals surface area contributed by atoms with Gasteiger partial charge in [-0.05, 0) is 36.4 Å². The predicted molar refractivity (Wildman–Crippen MR) is 92.1 cm³/mol. The first-order chi connectivity index (χ1) is 11.9. The predicted octanol–water partition coefficient (Wildman–Crippen LogP) is 3.47. The second-order valence-corrected chi connectivity index (χ2v) is 5.18. The SMILES string of the molecule is c1ccc(-n2cc(-c3cccc(Nc4cccnc4)c3)nn2)nc1. The molecule has 24 heavy (non-hydrogen) atoms. The van der Waals surface area contributed by atoms with Gasteiger partial charge < -0.3 is 5.32 Å². The summed E-state index contributed by atoms with van der Waals surface area (Å²) in [5.74, 6) is 0.737. The molecule has 0 aliphatic carbocycles. The average Bonchev–Trinajstić information content (AvgIpc) is 3.14. The van der Waals surface area contributed by atoms with Gasteiger partial charge in [0.05, 0.1) is 18.1 Å². The molecule has 6 nitrogen and oxygen atoms in total. The summed E-state index contributed by atoms with van der Waals surface area (Å²) in [4.78, 5) is 8.37. The van der Waals surface area contributed by atoms with Crippen LogP contribution in [0, 0.1) is 0 Å². The molecular weight excluding hydrogens is 300 g/mol. The van der Waals surface area contributed by atoms with Crippen LogP contribution < -0.4 is 5.32 Å². The van der Waals surface area contributed by atoms with Gasteiger partial charge in [-0.25, -0.2) is 9.67 Å². The molecule has 1 N–H and O–H groups in total. The highest BCUT2D eigenvalue weighted by molar-refractivity contribution is 5.68. The second-order valence-electron chi connectivity index (χ2n) is 5.18. The van der Waals surface area contributed by atoms with Crippen LogP contribution in [0.4, 0.5) is 11.4 Å². The van der Waals surface area contributed by atoms with Gasteiger partial charge in [0.25, 0.3) is 0 Å². The highest BCUT2D eigenvalue weighted by Crippen LogP contribution is 2.23. The summed E-state index contributed by atoms with van der Waals surface area (Å²) >= 11 is 0. The molecule has 0 spiro atoms. The van der Waals surface area contributed by atoms with Crippen LogP contribution in [-0.4, -0.2) is 25.0 Å². The Morgan fingerprint density at radius 2 is 1.83 bits per heavy atom. The van der Waals surface area contributed by atoms with E-state index in [1.165, 1.54) is 0 Å². The van der Waals surface area contributed by atoms with Gasteiger partial charge in [0.1, 0.15) is 5.69 Å². The lowest BCUT2D eigenvalue weighted by Gasteiger charge is -2.06. The Morgan fingerprint density at radius 1 is 0.875 bits per heavy atom. The van der Waals surface area contributed by atoms with Crippen molar-refractivity contribution in [3.63, 3.8) is 0 Å². The number of benzene rings is 1. The van der Waals surface area contributed by atoms with Crippen molar-refractivity contribution < 1.29 is 0 Å². The van der Waals surface area contributed by atoms with E-state index in [0.29, 0.717) is 0 Å². The zero-order valence-corrected chi connectivity index (χ0v) is 12.7. The average molecular weight is 314 g/mol. The van der Waals surface area contributed by atoms with Crippen molar-refractivity contribution in [3.05, 3.63) is 79.4 Å². The van der Waals surface area contributed by atoms with E-state index in [0.717, 1.165) is 28.5 Å². The van der Waals surface area contributed by atoms with Crippen LogP contribution >= 0.6 is 0 Å². The molecular formula is C18H14N6. The number of pyridine rings is 2. The van der Waals surface area contributed by atoms with Gasteiger partial charge in [-0.2, -0.15) is 0 Å². The fourth-order valence-corrected chi connectivity index (χ4v) is 2.36. The third-order valence-corrected chi connectivity index (χ3v) is 3.49. The van der Waals surface area contributed by atoms with E-state index in [9.17, 15) is 0 Å². The van der Waals surface area contributed by atoms with Gasteiger partial charge in [-0.3, -0.25) is 4.98 Å². The van der Waals surface area contributed by atoms with Gasteiger partial charge in [0.2, 0.25) is 0 Å². The molecule has 0 fully saturated rings. The maximum absolute atomic E-state index is 4.27. The molecule has 1 aromatic carbocycles. The van der Waals surface area contributed by atoms with E-state index < -0.39 is 0 Å². The number of hydrogen-bond donors (Lipinski definition) is 1. The van der Waals surface area contributed by atoms with Crippen molar-refractivity contribution in [1.29, 1.82) is 0 Å². The summed E-state index contributed by atoms with van der Waals surface area (Å²) < 4.78 is 1.66. The summed E-state index contributed by atoms with van der Waals surface area (Å²) in [6.45, 7) is 0. The Bertz CT molecular complexity index is 934. The third kappa shape index (κ3) is 2.98. The standard InChI is InChI=1S/C18H14N6/c1-2-10-20-18(8-1)24-13-17(22-23-24)14-5-3-6-15(11-14)21-16-7-4-9-19-12-16/h1-13,21H. The summed E-state index contributed by atoms with van der Waals surface area (Å²) in [5.41, 5.74) is 3.67. The lowest BCUT2D eigenvalue weighted by atomic mass is 10.1. The summed E-state index contributed by atoms with van der Waals surface area (Å²) in [6.07, 6.45) is 7.13. The van der Waals surface area contributed by atoms with Crippen LogP contribution in [0.1, 0.15) is 0 Å². The van der Waals surface area contributed by atoms with Crippen molar-refractivity contribution in [1.82, 2.24) is 25.0 Å². The smallest absolute Gasteiger partial charge is 0.155 e. The number of anilines is 2.